The Labute approximate surface area is 102 Å². The Kier molecular flexibility index (Phi) is 4.46. The molecular formula is C11H14BrNO3. The van der Waals surface area contributed by atoms with Crippen molar-refractivity contribution in [3.05, 3.63) is 33.8 Å². The van der Waals surface area contributed by atoms with Crippen LogP contribution in [0.1, 0.15) is 23.7 Å². The Morgan fingerprint density at radius 3 is 2.62 bits per heavy atom. The van der Waals surface area contributed by atoms with Gasteiger partial charge in [0.25, 0.3) is 0 Å². The van der Waals surface area contributed by atoms with Crippen molar-refractivity contribution in [2.75, 3.05) is 0 Å². The second-order valence-corrected chi connectivity index (χ2v) is 4.55. The predicted molar refractivity (Wildman–Crippen MR) is 63.7 cm³/mol. The fraction of sp³-hybridized carbons (Fsp3) is 0.364. The van der Waals surface area contributed by atoms with Crippen molar-refractivity contribution in [2.45, 2.75) is 25.6 Å². The van der Waals surface area contributed by atoms with Gasteiger partial charge in [-0.05, 0) is 24.1 Å². The summed E-state index contributed by atoms with van der Waals surface area (Å²) in [5, 5.41) is 19.3. The Bertz CT molecular complexity index is 395. The first kappa shape index (κ1) is 13.2. The molecule has 1 amide bonds. The topological polar surface area (TPSA) is 83.6 Å². The van der Waals surface area contributed by atoms with Crippen molar-refractivity contribution in [3.8, 4) is 0 Å². The van der Waals surface area contributed by atoms with Crippen LogP contribution in [-0.4, -0.2) is 22.2 Å². The summed E-state index contributed by atoms with van der Waals surface area (Å²) in [6.07, 6.45) is -2.54. The number of nitrogens with two attached hydrogens (primary N) is 1. The number of amides is 1. The van der Waals surface area contributed by atoms with Crippen molar-refractivity contribution in [3.63, 3.8) is 0 Å². The van der Waals surface area contributed by atoms with E-state index in [4.69, 9.17) is 5.73 Å². The van der Waals surface area contributed by atoms with Crippen LogP contribution in [-0.2, 0) is 4.79 Å². The monoisotopic (exact) mass is 287 g/mol. The molecule has 0 saturated carbocycles. The lowest BCUT2D eigenvalue weighted by atomic mass is 10.0. The van der Waals surface area contributed by atoms with E-state index in [1.165, 1.54) is 0 Å². The molecular weight excluding hydrogens is 274 g/mol. The van der Waals surface area contributed by atoms with Crippen molar-refractivity contribution in [2.24, 2.45) is 5.73 Å². The quantitative estimate of drug-likeness (QED) is 0.773. The molecule has 0 saturated heterocycles. The van der Waals surface area contributed by atoms with Crippen LogP contribution < -0.4 is 5.73 Å². The number of benzene rings is 1. The molecule has 0 radical (unpaired) electrons. The van der Waals surface area contributed by atoms with Crippen LogP contribution in [0, 0.1) is 6.92 Å². The standard InChI is InChI=1S/C11H14BrNO3/c1-6-2-3-7(4-8(6)12)11(16)9(14)5-10(13)15/h2-4,9,11,14,16H,5H2,1H3,(H2,13,15). The summed E-state index contributed by atoms with van der Waals surface area (Å²) >= 11 is 3.33. The zero-order valence-corrected chi connectivity index (χ0v) is 10.4. The molecule has 0 bridgehead atoms. The van der Waals surface area contributed by atoms with Gasteiger partial charge in [0, 0.05) is 4.47 Å². The van der Waals surface area contributed by atoms with Crippen LogP contribution in [0.25, 0.3) is 0 Å². The first-order chi connectivity index (χ1) is 7.41. The maximum absolute atomic E-state index is 10.6. The van der Waals surface area contributed by atoms with E-state index in [2.05, 4.69) is 15.9 Å². The van der Waals surface area contributed by atoms with Gasteiger partial charge in [0.05, 0.1) is 12.5 Å². The van der Waals surface area contributed by atoms with E-state index in [9.17, 15) is 15.0 Å². The van der Waals surface area contributed by atoms with Gasteiger partial charge in [0.15, 0.2) is 0 Å². The summed E-state index contributed by atoms with van der Waals surface area (Å²) in [4.78, 5) is 10.6. The lowest BCUT2D eigenvalue weighted by molar-refractivity contribution is -0.121. The highest BCUT2D eigenvalue weighted by Gasteiger charge is 2.20. The average Bonchev–Trinajstić information content (AvgIpc) is 2.20. The lowest BCUT2D eigenvalue weighted by Crippen LogP contribution is -2.25. The molecule has 1 rings (SSSR count). The SMILES string of the molecule is Cc1ccc(C(O)C(O)CC(N)=O)cc1Br. The highest BCUT2D eigenvalue weighted by Crippen LogP contribution is 2.24. The van der Waals surface area contributed by atoms with Gasteiger partial charge < -0.3 is 15.9 Å². The minimum absolute atomic E-state index is 0.257. The number of primary amides is 1. The lowest BCUT2D eigenvalue weighted by Gasteiger charge is -2.17. The zero-order valence-electron chi connectivity index (χ0n) is 8.85. The molecule has 5 heteroatoms. The van der Waals surface area contributed by atoms with E-state index >= 15 is 0 Å². The molecule has 0 aliphatic heterocycles. The summed E-state index contributed by atoms with van der Waals surface area (Å²) < 4.78 is 0.843. The maximum atomic E-state index is 10.6. The number of hydrogen-bond donors (Lipinski definition) is 3. The van der Waals surface area contributed by atoms with Gasteiger partial charge in [-0.2, -0.15) is 0 Å². The van der Waals surface area contributed by atoms with E-state index in [0.29, 0.717) is 5.56 Å². The minimum atomic E-state index is -1.17. The summed E-state index contributed by atoms with van der Waals surface area (Å²) in [5.41, 5.74) is 6.52. The molecule has 16 heavy (non-hydrogen) atoms. The molecule has 4 N–H and O–H groups in total. The number of rotatable bonds is 4. The van der Waals surface area contributed by atoms with Crippen molar-refractivity contribution >= 4 is 21.8 Å². The Balaban J connectivity index is 2.83. The third kappa shape index (κ3) is 3.30. The van der Waals surface area contributed by atoms with E-state index in [1.807, 2.05) is 13.0 Å². The normalized spacial score (nSPS) is 14.5. The van der Waals surface area contributed by atoms with E-state index in [-0.39, 0.29) is 6.42 Å². The van der Waals surface area contributed by atoms with Gasteiger partial charge in [-0.3, -0.25) is 4.79 Å². The summed E-state index contributed by atoms with van der Waals surface area (Å²) in [6, 6.07) is 5.23. The Morgan fingerprint density at radius 2 is 2.12 bits per heavy atom. The van der Waals surface area contributed by atoms with Crippen molar-refractivity contribution in [1.29, 1.82) is 0 Å². The zero-order chi connectivity index (χ0) is 12.3. The first-order valence-electron chi connectivity index (χ1n) is 4.82. The van der Waals surface area contributed by atoms with Gasteiger partial charge in [-0.15, -0.1) is 0 Å². The second kappa shape index (κ2) is 5.43. The number of hydrogen-bond acceptors (Lipinski definition) is 3. The largest absolute Gasteiger partial charge is 0.390 e. The van der Waals surface area contributed by atoms with E-state index in [1.54, 1.807) is 12.1 Å². The molecule has 0 aliphatic rings. The highest BCUT2D eigenvalue weighted by molar-refractivity contribution is 9.10. The molecule has 0 heterocycles. The van der Waals surface area contributed by atoms with E-state index < -0.39 is 18.1 Å². The summed E-state index contributed by atoms with van der Waals surface area (Å²) in [6.45, 7) is 1.92. The fourth-order valence-corrected chi connectivity index (χ4v) is 1.73. The van der Waals surface area contributed by atoms with Gasteiger partial charge in [0.2, 0.25) is 5.91 Å². The van der Waals surface area contributed by atoms with Gasteiger partial charge in [0.1, 0.15) is 6.10 Å². The maximum Gasteiger partial charge on any atom is 0.220 e. The van der Waals surface area contributed by atoms with Crippen LogP contribution in [0.4, 0.5) is 0 Å². The van der Waals surface area contributed by atoms with Gasteiger partial charge in [-0.1, -0.05) is 28.1 Å². The van der Waals surface area contributed by atoms with Crippen LogP contribution >= 0.6 is 15.9 Å². The Hall–Kier alpha value is -0.910. The average molecular weight is 288 g/mol. The molecule has 0 aromatic heterocycles. The molecule has 0 spiro atoms. The first-order valence-corrected chi connectivity index (χ1v) is 5.61. The smallest absolute Gasteiger partial charge is 0.220 e. The van der Waals surface area contributed by atoms with Gasteiger partial charge >= 0.3 is 0 Å². The molecule has 0 fully saturated rings. The van der Waals surface area contributed by atoms with E-state index in [0.717, 1.165) is 10.0 Å². The van der Waals surface area contributed by atoms with Crippen LogP contribution in [0.5, 0.6) is 0 Å². The number of carbonyl (C=O) groups is 1. The Morgan fingerprint density at radius 1 is 1.50 bits per heavy atom. The van der Waals surface area contributed by atoms with Crippen molar-refractivity contribution in [1.82, 2.24) is 0 Å². The number of carbonyl (C=O) groups excluding carboxylic acids is 1. The third-order valence-electron chi connectivity index (χ3n) is 2.31. The van der Waals surface area contributed by atoms with Gasteiger partial charge in [-0.25, -0.2) is 0 Å². The summed E-state index contributed by atoms with van der Waals surface area (Å²) in [5.74, 6) is -0.641. The minimum Gasteiger partial charge on any atom is -0.390 e. The molecule has 1 aromatic carbocycles. The molecule has 88 valence electrons. The molecule has 2 unspecified atom stereocenters. The number of aliphatic hydroxyl groups is 2. The fourth-order valence-electron chi connectivity index (χ4n) is 1.33. The van der Waals surface area contributed by atoms with Crippen LogP contribution in [0.3, 0.4) is 0 Å². The highest BCUT2D eigenvalue weighted by atomic mass is 79.9. The predicted octanol–water partition coefficient (Wildman–Crippen LogP) is 1.03. The second-order valence-electron chi connectivity index (χ2n) is 3.69. The summed E-state index contributed by atoms with van der Waals surface area (Å²) in [7, 11) is 0. The van der Waals surface area contributed by atoms with Crippen LogP contribution in [0.2, 0.25) is 0 Å². The van der Waals surface area contributed by atoms with Crippen molar-refractivity contribution < 1.29 is 15.0 Å². The van der Waals surface area contributed by atoms with Crippen LogP contribution in [0.15, 0.2) is 22.7 Å². The number of aliphatic hydroxyl groups excluding tert-OH is 2. The molecule has 4 nitrogen and oxygen atoms in total. The number of aryl methyl sites for hydroxylation is 1. The molecule has 1 aromatic rings. The molecule has 0 aliphatic carbocycles. The third-order valence-corrected chi connectivity index (χ3v) is 3.17. The number of halogens is 1. The molecule has 2 atom stereocenters.